The summed E-state index contributed by atoms with van der Waals surface area (Å²) in [6.45, 7) is 0. The van der Waals surface area contributed by atoms with Gasteiger partial charge in [0.1, 0.15) is 5.69 Å². The number of hydrogen-bond acceptors (Lipinski definition) is 7. The number of nitrogens with zero attached hydrogens (tertiary/aromatic N) is 4. The number of aliphatic hydroxyl groups is 1. The van der Waals surface area contributed by atoms with Crippen LogP contribution in [0.3, 0.4) is 0 Å². The van der Waals surface area contributed by atoms with Crippen LogP contribution in [-0.4, -0.2) is 35.2 Å². The quantitative estimate of drug-likeness (QED) is 0.191. The molecule has 0 aliphatic heterocycles. The molecular formula is C29H21N7OS. The lowest BCUT2D eigenvalue weighted by atomic mass is 10.1. The molecule has 5 aromatic heterocycles. The zero-order chi connectivity index (χ0) is 25.5. The van der Waals surface area contributed by atoms with E-state index in [4.69, 9.17) is 4.98 Å². The van der Waals surface area contributed by atoms with Crippen LogP contribution < -0.4 is 5.32 Å². The van der Waals surface area contributed by atoms with Crippen LogP contribution in [-0.2, 0) is 0 Å². The van der Waals surface area contributed by atoms with Crippen LogP contribution in [0.5, 0.6) is 0 Å². The summed E-state index contributed by atoms with van der Waals surface area (Å²) in [6, 6.07) is 21.7. The number of benzene rings is 2. The molecule has 9 heteroatoms. The Morgan fingerprint density at radius 3 is 2.66 bits per heavy atom. The highest BCUT2D eigenvalue weighted by Crippen LogP contribution is 2.33. The Balaban J connectivity index is 1.25. The molecule has 2 aromatic carbocycles. The maximum absolute atomic E-state index is 10.6. The van der Waals surface area contributed by atoms with Crippen LogP contribution in [0.2, 0.25) is 0 Å². The van der Waals surface area contributed by atoms with Gasteiger partial charge in [-0.1, -0.05) is 42.5 Å². The van der Waals surface area contributed by atoms with Gasteiger partial charge in [0.25, 0.3) is 0 Å². The summed E-state index contributed by atoms with van der Waals surface area (Å²) in [6.07, 6.45) is 4.39. The number of aromatic amines is 2. The molecule has 4 N–H and O–H groups in total. The molecule has 7 rings (SSSR count). The van der Waals surface area contributed by atoms with Crippen molar-refractivity contribution in [3.63, 3.8) is 0 Å². The number of pyridine rings is 2. The van der Waals surface area contributed by atoms with Gasteiger partial charge in [-0.15, -0.1) is 0 Å². The average molecular weight is 516 g/mol. The molecule has 38 heavy (non-hydrogen) atoms. The highest BCUT2D eigenvalue weighted by molar-refractivity contribution is 7.08. The van der Waals surface area contributed by atoms with Crippen molar-refractivity contribution in [3.05, 3.63) is 102 Å². The summed E-state index contributed by atoms with van der Waals surface area (Å²) < 4.78 is 0. The first-order chi connectivity index (χ1) is 18.7. The summed E-state index contributed by atoms with van der Waals surface area (Å²) in [5, 5.41) is 26.3. The van der Waals surface area contributed by atoms with Gasteiger partial charge in [-0.2, -0.15) is 16.4 Å². The Hall–Kier alpha value is -4.86. The largest absolute Gasteiger partial charge is 0.369 e. The summed E-state index contributed by atoms with van der Waals surface area (Å²) in [5.74, 6) is 0.698. The monoisotopic (exact) mass is 515 g/mol. The van der Waals surface area contributed by atoms with Crippen molar-refractivity contribution in [1.29, 1.82) is 0 Å². The fourth-order valence-corrected chi connectivity index (χ4v) is 5.25. The second kappa shape index (κ2) is 9.22. The van der Waals surface area contributed by atoms with Gasteiger partial charge in [0.15, 0.2) is 17.7 Å². The Morgan fingerprint density at radius 2 is 1.79 bits per heavy atom. The van der Waals surface area contributed by atoms with Crippen LogP contribution >= 0.6 is 11.3 Å². The van der Waals surface area contributed by atoms with Gasteiger partial charge in [-0.25, -0.2) is 9.97 Å². The third-order valence-electron chi connectivity index (χ3n) is 6.48. The SMILES string of the molecule is OC(Nc1cncc(-c2cnc3n[nH]c(-c4nc5c(-c6ccsc6)cccc5[nH]4)c3c2)c1)c1ccccc1. The van der Waals surface area contributed by atoms with Crippen molar-refractivity contribution in [2.45, 2.75) is 6.23 Å². The number of para-hydroxylation sites is 1. The minimum atomic E-state index is -0.846. The second-order valence-electron chi connectivity index (χ2n) is 8.91. The Labute approximate surface area is 221 Å². The molecule has 5 heterocycles. The van der Waals surface area contributed by atoms with E-state index in [9.17, 15) is 5.11 Å². The van der Waals surface area contributed by atoms with Crippen LogP contribution in [0, 0.1) is 0 Å². The lowest BCUT2D eigenvalue weighted by Gasteiger charge is -2.15. The predicted molar refractivity (Wildman–Crippen MR) is 151 cm³/mol. The zero-order valence-electron chi connectivity index (χ0n) is 20.0. The fourth-order valence-electron chi connectivity index (χ4n) is 4.59. The number of fused-ring (bicyclic) bond motifs is 2. The lowest BCUT2D eigenvalue weighted by molar-refractivity contribution is 0.208. The number of aromatic nitrogens is 6. The van der Waals surface area contributed by atoms with Crippen molar-refractivity contribution in [2.75, 3.05) is 5.32 Å². The standard InChI is InChI=1S/C29H21N7OS/c37-29(17-5-2-1-3-6-17)32-21-11-19(13-30-15-21)20-12-23-26(35-36-27(23)31-14-20)28-33-24-8-4-7-22(25(24)34-28)18-9-10-38-16-18/h1-16,29,32,37H,(H,33,34)(H,31,35,36). The number of H-pyrrole nitrogens is 2. The highest BCUT2D eigenvalue weighted by atomic mass is 32.1. The number of nitrogens with one attached hydrogen (secondary N) is 3. The maximum atomic E-state index is 10.6. The van der Waals surface area contributed by atoms with Gasteiger partial charge in [0, 0.05) is 34.6 Å². The van der Waals surface area contributed by atoms with E-state index in [-0.39, 0.29) is 0 Å². The molecule has 1 unspecified atom stereocenters. The summed E-state index contributed by atoms with van der Waals surface area (Å²) in [5.41, 5.74) is 8.68. The molecule has 0 aliphatic carbocycles. The molecule has 0 amide bonds. The van der Waals surface area contributed by atoms with E-state index >= 15 is 0 Å². The molecule has 0 spiro atoms. The van der Waals surface area contributed by atoms with Gasteiger partial charge in [-0.3, -0.25) is 10.1 Å². The van der Waals surface area contributed by atoms with Gasteiger partial charge in [-0.05, 0) is 40.6 Å². The topological polar surface area (TPSA) is 115 Å². The molecule has 184 valence electrons. The number of aliphatic hydroxyl groups excluding tert-OH is 1. The molecule has 7 aromatic rings. The Kier molecular flexibility index (Phi) is 5.42. The summed E-state index contributed by atoms with van der Waals surface area (Å²) >= 11 is 1.67. The minimum absolute atomic E-state index is 0.601. The zero-order valence-corrected chi connectivity index (χ0v) is 20.8. The van der Waals surface area contributed by atoms with Gasteiger partial charge >= 0.3 is 0 Å². The number of thiophene rings is 1. The molecule has 0 bridgehead atoms. The normalized spacial score (nSPS) is 12.2. The van der Waals surface area contributed by atoms with Crippen molar-refractivity contribution in [1.82, 2.24) is 30.1 Å². The van der Waals surface area contributed by atoms with Gasteiger partial charge in [0.05, 0.1) is 28.3 Å². The highest BCUT2D eigenvalue weighted by Gasteiger charge is 2.16. The Morgan fingerprint density at radius 1 is 0.895 bits per heavy atom. The van der Waals surface area contributed by atoms with Gasteiger partial charge < -0.3 is 15.4 Å². The van der Waals surface area contributed by atoms with Crippen molar-refractivity contribution in [2.24, 2.45) is 0 Å². The molecule has 0 saturated carbocycles. The van der Waals surface area contributed by atoms with Crippen LogP contribution in [0.25, 0.3) is 55.8 Å². The molecule has 0 saturated heterocycles. The first-order valence-electron chi connectivity index (χ1n) is 12.0. The number of anilines is 1. The van der Waals surface area contributed by atoms with Crippen molar-refractivity contribution < 1.29 is 5.11 Å². The third kappa shape index (κ3) is 4.00. The molecule has 0 radical (unpaired) electrons. The van der Waals surface area contributed by atoms with Crippen molar-refractivity contribution >= 4 is 39.1 Å². The van der Waals surface area contributed by atoms with E-state index in [0.29, 0.717) is 17.2 Å². The third-order valence-corrected chi connectivity index (χ3v) is 7.16. The van der Waals surface area contributed by atoms with E-state index in [0.717, 1.165) is 49.9 Å². The van der Waals surface area contributed by atoms with Crippen molar-refractivity contribution in [3.8, 4) is 33.8 Å². The minimum Gasteiger partial charge on any atom is -0.369 e. The van der Waals surface area contributed by atoms with Crippen LogP contribution in [0.15, 0.2) is 96.1 Å². The first-order valence-corrected chi connectivity index (χ1v) is 13.0. The lowest BCUT2D eigenvalue weighted by Crippen LogP contribution is -2.09. The fraction of sp³-hybridized carbons (Fsp3) is 0.0345. The predicted octanol–water partition coefficient (Wildman–Crippen LogP) is 6.39. The molecule has 0 aliphatic rings. The van der Waals surface area contributed by atoms with E-state index in [2.05, 4.69) is 53.4 Å². The molecule has 0 fully saturated rings. The van der Waals surface area contributed by atoms with E-state index in [1.54, 1.807) is 29.9 Å². The van der Waals surface area contributed by atoms with E-state index in [1.165, 1.54) is 0 Å². The van der Waals surface area contributed by atoms with Crippen LogP contribution in [0.1, 0.15) is 11.8 Å². The van der Waals surface area contributed by atoms with E-state index < -0.39 is 6.23 Å². The molecular weight excluding hydrogens is 494 g/mol. The number of imidazole rings is 1. The first kappa shape index (κ1) is 22.3. The average Bonchev–Trinajstić information content (AvgIpc) is 3.73. The van der Waals surface area contributed by atoms with E-state index in [1.807, 2.05) is 54.6 Å². The smallest absolute Gasteiger partial charge is 0.181 e. The maximum Gasteiger partial charge on any atom is 0.181 e. The summed E-state index contributed by atoms with van der Waals surface area (Å²) in [7, 11) is 0. The van der Waals surface area contributed by atoms with Crippen LogP contribution in [0.4, 0.5) is 5.69 Å². The number of rotatable bonds is 6. The number of hydrogen-bond donors (Lipinski definition) is 4. The summed E-state index contributed by atoms with van der Waals surface area (Å²) in [4.78, 5) is 17.3. The molecule has 1 atom stereocenters. The van der Waals surface area contributed by atoms with Gasteiger partial charge in [0.2, 0.25) is 0 Å². The Bertz CT molecular complexity index is 1880. The second-order valence-corrected chi connectivity index (χ2v) is 9.69. The molecule has 8 nitrogen and oxygen atoms in total.